The van der Waals surface area contributed by atoms with Gasteiger partial charge in [0.15, 0.2) is 0 Å². The lowest BCUT2D eigenvalue weighted by atomic mass is 9.75. The molecular formula is C38H65N3O5. The van der Waals surface area contributed by atoms with Gasteiger partial charge in [-0.1, -0.05) is 71.8 Å². The monoisotopic (exact) mass is 643 g/mol. The third-order valence-corrected chi connectivity index (χ3v) is 11.3. The summed E-state index contributed by atoms with van der Waals surface area (Å²) in [5.41, 5.74) is 5.05. The second kappa shape index (κ2) is 16.8. The number of aliphatic hydroxyl groups is 1. The van der Waals surface area contributed by atoms with Crippen LogP contribution in [0.5, 0.6) is 0 Å². The molecule has 0 saturated carbocycles. The SMILES string of the molecule is CCC1=C(C)C(C)C([C@H](O)[C@@H](C)NC(=O)[C@H](C)[C@@H](OC)[C@@H]2CCCN2C(=O)C[C@@H](OC)C2[C@H](CC)C=C(CC(C)C)N2C)=CC1C. The molecule has 0 aromatic carbocycles. The predicted octanol–water partition coefficient (Wildman–Crippen LogP) is 6.11. The average molecular weight is 644 g/mol. The number of carbonyl (C=O) groups is 2. The lowest BCUT2D eigenvalue weighted by molar-refractivity contribution is -0.143. The number of likely N-dealkylation sites (tertiary alicyclic amines) is 1. The predicted molar refractivity (Wildman–Crippen MR) is 186 cm³/mol. The Morgan fingerprint density at radius 1 is 1.09 bits per heavy atom. The zero-order valence-corrected chi connectivity index (χ0v) is 30.9. The highest BCUT2D eigenvalue weighted by Gasteiger charge is 2.43. The number of nitrogens with zero attached hydrogens (tertiary/aromatic N) is 2. The molecule has 46 heavy (non-hydrogen) atoms. The van der Waals surface area contributed by atoms with Gasteiger partial charge in [0.1, 0.15) is 0 Å². The van der Waals surface area contributed by atoms with E-state index in [2.05, 4.69) is 77.9 Å². The maximum absolute atomic E-state index is 13.9. The van der Waals surface area contributed by atoms with E-state index in [4.69, 9.17) is 9.47 Å². The molecule has 0 radical (unpaired) electrons. The van der Waals surface area contributed by atoms with Gasteiger partial charge in [0.25, 0.3) is 0 Å². The number of rotatable bonds is 15. The Bertz CT molecular complexity index is 1150. The van der Waals surface area contributed by atoms with Gasteiger partial charge in [-0.2, -0.15) is 0 Å². The minimum Gasteiger partial charge on any atom is -0.387 e. The zero-order valence-electron chi connectivity index (χ0n) is 30.9. The molecular weight excluding hydrogens is 578 g/mol. The average Bonchev–Trinajstić information content (AvgIpc) is 3.62. The van der Waals surface area contributed by atoms with Crippen molar-refractivity contribution < 1.29 is 24.2 Å². The molecule has 3 rings (SSSR count). The van der Waals surface area contributed by atoms with Crippen molar-refractivity contribution in [2.75, 3.05) is 27.8 Å². The largest absolute Gasteiger partial charge is 0.387 e. The molecule has 0 spiro atoms. The lowest BCUT2D eigenvalue weighted by Gasteiger charge is -2.38. The molecule has 8 nitrogen and oxygen atoms in total. The van der Waals surface area contributed by atoms with Crippen LogP contribution in [0.1, 0.15) is 101 Å². The van der Waals surface area contributed by atoms with Gasteiger partial charge in [-0.05, 0) is 63.4 Å². The van der Waals surface area contributed by atoms with E-state index in [-0.39, 0.29) is 41.8 Å². The molecule has 1 fully saturated rings. The minimum absolute atomic E-state index is 0.0515. The first kappa shape index (κ1) is 38.3. The van der Waals surface area contributed by atoms with Crippen molar-refractivity contribution >= 4 is 11.8 Å². The number of allylic oxidation sites excluding steroid dienone is 4. The van der Waals surface area contributed by atoms with E-state index in [0.717, 1.165) is 37.7 Å². The Labute approximate surface area is 280 Å². The summed E-state index contributed by atoms with van der Waals surface area (Å²) in [7, 11) is 5.48. The van der Waals surface area contributed by atoms with Crippen molar-refractivity contribution in [3.63, 3.8) is 0 Å². The van der Waals surface area contributed by atoms with Gasteiger partial charge >= 0.3 is 0 Å². The molecule has 0 aromatic rings. The quantitative estimate of drug-likeness (QED) is 0.210. The van der Waals surface area contributed by atoms with Crippen molar-refractivity contribution in [3.05, 3.63) is 34.6 Å². The van der Waals surface area contributed by atoms with Crippen LogP contribution in [-0.4, -0.2) is 91.0 Å². The molecule has 1 saturated heterocycles. The fraction of sp³-hybridized carbons (Fsp3) is 0.789. The highest BCUT2D eigenvalue weighted by molar-refractivity contribution is 5.80. The smallest absolute Gasteiger partial charge is 0.225 e. The van der Waals surface area contributed by atoms with Gasteiger partial charge in [-0.3, -0.25) is 9.59 Å². The molecule has 2 aliphatic heterocycles. The third-order valence-electron chi connectivity index (χ3n) is 11.3. The first-order valence-electron chi connectivity index (χ1n) is 17.9. The summed E-state index contributed by atoms with van der Waals surface area (Å²) in [4.78, 5) is 31.8. The van der Waals surface area contributed by atoms with E-state index in [1.165, 1.54) is 16.8 Å². The van der Waals surface area contributed by atoms with Crippen molar-refractivity contribution in [2.24, 2.45) is 29.6 Å². The number of amides is 2. The molecule has 2 amide bonds. The number of carbonyl (C=O) groups excluding carboxylic acids is 2. The Balaban J connectivity index is 1.68. The molecule has 1 aliphatic carbocycles. The molecule has 2 N–H and O–H groups in total. The van der Waals surface area contributed by atoms with E-state index in [1.807, 2.05) is 18.7 Å². The molecule has 3 unspecified atom stereocenters. The van der Waals surface area contributed by atoms with Crippen LogP contribution in [0.4, 0.5) is 0 Å². The molecule has 10 atom stereocenters. The Hall–Kier alpha value is -2.16. The Kier molecular flexibility index (Phi) is 14.0. The van der Waals surface area contributed by atoms with E-state index in [1.54, 1.807) is 14.2 Å². The summed E-state index contributed by atoms with van der Waals surface area (Å²) in [5, 5.41) is 14.4. The highest BCUT2D eigenvalue weighted by Crippen LogP contribution is 2.38. The van der Waals surface area contributed by atoms with Crippen LogP contribution >= 0.6 is 0 Å². The highest BCUT2D eigenvalue weighted by atomic mass is 16.5. The van der Waals surface area contributed by atoms with Crippen LogP contribution in [0.2, 0.25) is 0 Å². The number of hydrogen-bond acceptors (Lipinski definition) is 6. The van der Waals surface area contributed by atoms with Gasteiger partial charge in [0.05, 0.1) is 48.8 Å². The number of hydrogen-bond donors (Lipinski definition) is 2. The van der Waals surface area contributed by atoms with Gasteiger partial charge in [0.2, 0.25) is 11.8 Å². The number of methoxy groups -OCH3 is 2. The molecule has 2 heterocycles. The maximum atomic E-state index is 13.9. The minimum atomic E-state index is -0.783. The van der Waals surface area contributed by atoms with Crippen LogP contribution in [0.3, 0.4) is 0 Å². The van der Waals surface area contributed by atoms with Crippen molar-refractivity contribution in [2.45, 2.75) is 137 Å². The molecule has 3 aliphatic rings. The second-order valence-corrected chi connectivity index (χ2v) is 14.7. The van der Waals surface area contributed by atoms with Crippen LogP contribution in [-0.2, 0) is 19.1 Å². The summed E-state index contributed by atoms with van der Waals surface area (Å²) in [6, 6.07) is -0.546. The van der Waals surface area contributed by atoms with Crippen molar-refractivity contribution in [1.82, 2.24) is 15.1 Å². The van der Waals surface area contributed by atoms with Crippen LogP contribution in [0, 0.1) is 29.6 Å². The first-order chi connectivity index (χ1) is 21.7. The summed E-state index contributed by atoms with van der Waals surface area (Å²) in [6.45, 7) is 19.7. The summed E-state index contributed by atoms with van der Waals surface area (Å²) in [5.74, 6) is 0.671. The fourth-order valence-electron chi connectivity index (χ4n) is 8.48. The molecule has 0 aromatic heterocycles. The third kappa shape index (κ3) is 8.27. The Morgan fingerprint density at radius 2 is 1.76 bits per heavy atom. The Morgan fingerprint density at radius 3 is 2.33 bits per heavy atom. The van der Waals surface area contributed by atoms with Gasteiger partial charge in [0, 0.05) is 45.3 Å². The van der Waals surface area contributed by atoms with E-state index < -0.39 is 24.2 Å². The lowest BCUT2D eigenvalue weighted by Crippen LogP contribution is -2.53. The van der Waals surface area contributed by atoms with Crippen LogP contribution < -0.4 is 5.32 Å². The van der Waals surface area contributed by atoms with E-state index in [9.17, 15) is 14.7 Å². The van der Waals surface area contributed by atoms with E-state index >= 15 is 0 Å². The van der Waals surface area contributed by atoms with Gasteiger partial charge in [-0.25, -0.2) is 0 Å². The number of aliphatic hydroxyl groups excluding tert-OH is 1. The summed E-state index contributed by atoms with van der Waals surface area (Å²) < 4.78 is 12.0. The summed E-state index contributed by atoms with van der Waals surface area (Å²) in [6.07, 6.45) is 8.03. The molecule has 0 bridgehead atoms. The molecule has 262 valence electrons. The van der Waals surface area contributed by atoms with Crippen molar-refractivity contribution in [1.29, 1.82) is 0 Å². The standard InChI is InChI=1S/C38H65N3O5/c1-13-28-20-29(18-22(3)4)40(10)35(28)33(45-11)21-34(42)41-17-15-16-32(41)37(46-12)26(8)38(44)39-27(9)36(43)31-19-23(5)30(14-2)24(6)25(31)7/h19-20,22-23,25-28,32-33,35-37,43H,13-18,21H2,1-12H3,(H,39,44)/t23?,25?,26-,27-,28-,32+,33-,35?,36-,37-/m1/s1. The van der Waals surface area contributed by atoms with E-state index in [0.29, 0.717) is 24.8 Å². The molecule has 8 heteroatoms. The summed E-state index contributed by atoms with van der Waals surface area (Å²) >= 11 is 0. The fourth-order valence-corrected chi connectivity index (χ4v) is 8.48. The van der Waals surface area contributed by atoms with Gasteiger partial charge < -0.3 is 29.7 Å². The van der Waals surface area contributed by atoms with Crippen LogP contribution in [0.25, 0.3) is 0 Å². The van der Waals surface area contributed by atoms with Crippen LogP contribution in [0.15, 0.2) is 34.6 Å². The topological polar surface area (TPSA) is 91.3 Å². The zero-order chi connectivity index (χ0) is 34.5. The second-order valence-electron chi connectivity index (χ2n) is 14.7. The normalized spacial score (nSPS) is 28.6. The van der Waals surface area contributed by atoms with Gasteiger partial charge in [-0.15, -0.1) is 0 Å². The number of nitrogens with one attached hydrogen (secondary N) is 1. The number of likely N-dealkylation sites (N-methyl/N-ethyl adjacent to an activating group) is 1. The maximum Gasteiger partial charge on any atom is 0.225 e. The first-order valence-corrected chi connectivity index (χ1v) is 17.9. The number of ether oxygens (including phenoxy) is 2. The van der Waals surface area contributed by atoms with Crippen molar-refractivity contribution in [3.8, 4) is 0 Å².